The molecule has 0 aromatic rings. The Kier molecular flexibility index (Phi) is 81.8. The number of hydrogen-bond donors (Lipinski definition) is 0. The van der Waals surface area contributed by atoms with Crippen LogP contribution in [0.5, 0.6) is 0 Å². The van der Waals surface area contributed by atoms with Crippen molar-refractivity contribution in [3.8, 4) is 0 Å². The van der Waals surface area contributed by atoms with Gasteiger partial charge in [0.2, 0.25) is 0 Å². The first-order chi connectivity index (χ1) is 1.00. The first kappa shape index (κ1) is 16.6. The van der Waals surface area contributed by atoms with Crippen LogP contribution in [0.25, 0.3) is 0 Å². The van der Waals surface area contributed by atoms with Gasteiger partial charge in [-0.25, -0.2) is 0 Å². The molecule has 0 saturated heterocycles. The maximum atomic E-state index is 4.17. The first-order valence-corrected chi connectivity index (χ1v) is 4.11. The van der Waals surface area contributed by atoms with Crippen LogP contribution in [-0.2, 0) is 0 Å². The fourth-order valence-corrected chi connectivity index (χ4v) is 0. The van der Waals surface area contributed by atoms with Crippen LogP contribution in [0, 0.1) is 0 Å². The Labute approximate surface area is 58.2 Å². The van der Waals surface area contributed by atoms with Crippen molar-refractivity contribution in [2.75, 3.05) is 0 Å². The quantitative estimate of drug-likeness (QED) is 0.382. The van der Waals surface area contributed by atoms with Crippen LogP contribution in [-0.4, -0.2) is 39.4 Å². The van der Waals surface area contributed by atoms with Crippen LogP contribution in [0.3, 0.4) is 0 Å². The summed E-state index contributed by atoms with van der Waals surface area (Å²) in [5.41, 5.74) is 0. The van der Waals surface area contributed by atoms with Crippen LogP contribution in [0.15, 0.2) is 0 Å². The summed E-state index contributed by atoms with van der Waals surface area (Å²) in [5.74, 6) is 0. The normalized spacial score (nSPS) is 1.00. The van der Waals surface area contributed by atoms with Gasteiger partial charge in [0.25, 0.3) is 0 Å². The molecule has 0 bridgehead atoms. The Balaban J connectivity index is -0.00000000500. The van der Waals surface area contributed by atoms with Gasteiger partial charge in [0, 0.05) is 18.9 Å². The van der Waals surface area contributed by atoms with E-state index in [4.69, 9.17) is 0 Å². The molecule has 0 aromatic heterocycles. The Hall–Kier alpha value is 2.05. The summed E-state index contributed by atoms with van der Waals surface area (Å²) < 4.78 is 0. The molecule has 0 rings (SSSR count). The molecule has 0 aromatic carbocycles. The van der Waals surface area contributed by atoms with Crippen LogP contribution < -0.4 is 0 Å². The van der Waals surface area contributed by atoms with Gasteiger partial charge < -0.3 is 0 Å². The van der Waals surface area contributed by atoms with Gasteiger partial charge in [-0.05, 0) is 0 Å². The molecule has 0 heterocycles. The van der Waals surface area contributed by atoms with E-state index in [1.54, 1.807) is 0 Å². The third kappa shape index (κ3) is 8.97. The molecule has 1 unspecified atom stereocenters. The topological polar surface area (TPSA) is 0 Å². The van der Waals surface area contributed by atoms with Gasteiger partial charge in [-0.2, -0.15) is 9.90 Å². The molecule has 0 spiro atoms. The molecule has 0 amide bonds. The average molecular weight is 192 g/mol. The van der Waals surface area contributed by atoms with Gasteiger partial charge in [0.1, 0.15) is 0 Å². The van der Waals surface area contributed by atoms with E-state index in [2.05, 4.69) is 9.29 Å². The van der Waals surface area contributed by atoms with Crippen molar-refractivity contribution in [3.63, 3.8) is 0 Å². The van der Waals surface area contributed by atoms with Gasteiger partial charge in [-0.1, -0.05) is 0 Å². The molecule has 0 fully saturated rings. The number of hydrogen-bond acceptors (Lipinski definition) is 1. The summed E-state index contributed by atoms with van der Waals surface area (Å²) in [6.45, 7) is 0. The number of rotatable bonds is 0. The molecule has 0 saturated carbocycles. The molecular weight excluding hydrogens is 189 g/mol. The Bertz CT molecular complexity index is 8.00. The monoisotopic (exact) mass is 193 g/mol. The summed E-state index contributed by atoms with van der Waals surface area (Å²) in [4.78, 5) is 0. The van der Waals surface area contributed by atoms with E-state index < -0.39 is 0 Å². The molecule has 1 atom stereocenters. The summed E-state index contributed by atoms with van der Waals surface area (Å²) in [6, 6.07) is 0. The molecule has 0 aliphatic heterocycles. The molecular formula is H3LiPSSn. The minimum atomic E-state index is 0. The third-order valence-corrected chi connectivity index (χ3v) is 0. The van der Waals surface area contributed by atoms with Crippen molar-refractivity contribution in [1.29, 1.82) is 0 Å². The second-order valence-electron chi connectivity index (χ2n) is 0. The molecule has 4 heteroatoms. The fourth-order valence-electron chi connectivity index (χ4n) is 0. The predicted molar refractivity (Wildman–Crippen MR) is 30.2 cm³/mol. The second-order valence-corrected chi connectivity index (χ2v) is 0. The zero-order valence-electron chi connectivity index (χ0n) is 2.62. The molecule has 0 aliphatic rings. The molecule has 4 heavy (non-hydrogen) atoms. The van der Waals surface area contributed by atoms with Crippen molar-refractivity contribution >= 4 is 58.6 Å². The summed E-state index contributed by atoms with van der Waals surface area (Å²) >= 11 is 1.13. The van der Waals surface area contributed by atoms with E-state index in [1.165, 1.54) is 0 Å². The summed E-state index contributed by atoms with van der Waals surface area (Å²) in [7, 11) is 4.17. The van der Waals surface area contributed by atoms with Crippen LogP contribution in [0.2, 0.25) is 0 Å². The van der Waals surface area contributed by atoms with Crippen molar-refractivity contribution in [3.05, 3.63) is 0 Å². The van der Waals surface area contributed by atoms with Gasteiger partial charge in [0.05, 0.1) is 0 Å². The predicted octanol–water partition coefficient (Wildman–Crippen LogP) is -0.0553. The van der Waals surface area contributed by atoms with Gasteiger partial charge in [-0.3, -0.25) is 0 Å². The molecule has 0 aliphatic carbocycles. The molecule has 3 radical (unpaired) electrons. The Morgan fingerprint density at radius 3 is 1.25 bits per heavy atom. The van der Waals surface area contributed by atoms with Crippen LogP contribution in [0.1, 0.15) is 0 Å². The zero-order valence-corrected chi connectivity index (χ0v) is 7.70. The van der Waals surface area contributed by atoms with Crippen LogP contribution in [0.4, 0.5) is 0 Å². The van der Waals surface area contributed by atoms with Gasteiger partial charge >= 0.3 is 29.9 Å². The third-order valence-electron chi connectivity index (χ3n) is 0. The minimum absolute atomic E-state index is 0. The van der Waals surface area contributed by atoms with Crippen molar-refractivity contribution in [2.45, 2.75) is 0 Å². The Morgan fingerprint density at radius 1 is 1.25 bits per heavy atom. The van der Waals surface area contributed by atoms with Crippen molar-refractivity contribution in [1.82, 2.24) is 0 Å². The molecule has 0 N–H and O–H groups in total. The SMILES string of the molecule is P.[Li].[S]=[Sn]. The van der Waals surface area contributed by atoms with Crippen molar-refractivity contribution < 1.29 is 0 Å². The van der Waals surface area contributed by atoms with E-state index in [9.17, 15) is 0 Å². The van der Waals surface area contributed by atoms with E-state index in [0.717, 1.165) is 20.6 Å². The fraction of sp³-hybridized carbons (Fsp3) is 0. The second kappa shape index (κ2) is 19.7. The standard InChI is InChI=1S/Li.H3P.S.Sn/h;1H3;;. The molecule has 0 nitrogen and oxygen atoms in total. The van der Waals surface area contributed by atoms with Gasteiger partial charge in [-0.15, -0.1) is 0 Å². The van der Waals surface area contributed by atoms with E-state index in [1.807, 2.05) is 0 Å². The maximum absolute atomic E-state index is 4.17. The summed E-state index contributed by atoms with van der Waals surface area (Å²) in [5, 5.41) is 0. The zero-order chi connectivity index (χ0) is 2.00. The summed E-state index contributed by atoms with van der Waals surface area (Å²) in [6.07, 6.45) is 0. The van der Waals surface area contributed by atoms with E-state index in [0.29, 0.717) is 0 Å². The molecule has 19 valence electrons. The van der Waals surface area contributed by atoms with Crippen molar-refractivity contribution in [2.24, 2.45) is 0 Å². The van der Waals surface area contributed by atoms with Gasteiger partial charge in [0.15, 0.2) is 0 Å². The van der Waals surface area contributed by atoms with Crippen LogP contribution >= 0.6 is 19.2 Å². The average Bonchev–Trinajstić information content (AvgIpc) is 1.00. The Morgan fingerprint density at radius 2 is 1.25 bits per heavy atom. The first-order valence-electron chi connectivity index (χ1n) is 0.204. The van der Waals surface area contributed by atoms with E-state index >= 15 is 0 Å². The van der Waals surface area contributed by atoms with E-state index in [-0.39, 0.29) is 28.8 Å².